The number of hydrogen-bond acceptors (Lipinski definition) is 3. The lowest BCUT2D eigenvalue weighted by Crippen LogP contribution is -2.13. The molecule has 4 heteroatoms. The lowest BCUT2D eigenvalue weighted by atomic mass is 10.1. The number of nitrogens with zero attached hydrogens (tertiary/aromatic N) is 1. The first-order valence-corrected chi connectivity index (χ1v) is 7.60. The van der Waals surface area contributed by atoms with E-state index in [1.807, 2.05) is 57.2 Å². The standard InChI is InChI=1S/C17H16N2OS/c1-10-4-6-14(11(2)8-10)17(20)19-13-5-7-15-16(9-13)21-12(3)18-15/h4-9H,1-3H3,(H,19,20). The molecule has 3 nitrogen and oxygen atoms in total. The van der Waals surface area contributed by atoms with Gasteiger partial charge >= 0.3 is 0 Å². The van der Waals surface area contributed by atoms with Gasteiger partial charge in [0, 0.05) is 11.3 Å². The van der Waals surface area contributed by atoms with E-state index in [1.54, 1.807) is 11.3 Å². The van der Waals surface area contributed by atoms with Crippen LogP contribution in [0, 0.1) is 20.8 Å². The summed E-state index contributed by atoms with van der Waals surface area (Å²) in [6.45, 7) is 5.96. The highest BCUT2D eigenvalue weighted by Gasteiger charge is 2.10. The molecule has 0 radical (unpaired) electrons. The van der Waals surface area contributed by atoms with Crippen LogP contribution in [-0.2, 0) is 0 Å². The number of thiazole rings is 1. The number of fused-ring (bicyclic) bond motifs is 1. The van der Waals surface area contributed by atoms with E-state index in [0.717, 1.165) is 32.0 Å². The Morgan fingerprint density at radius 1 is 1.10 bits per heavy atom. The summed E-state index contributed by atoms with van der Waals surface area (Å²) in [6.07, 6.45) is 0. The molecule has 0 atom stereocenters. The molecule has 21 heavy (non-hydrogen) atoms. The van der Waals surface area contributed by atoms with E-state index in [-0.39, 0.29) is 5.91 Å². The summed E-state index contributed by atoms with van der Waals surface area (Å²) in [5, 5.41) is 3.99. The molecule has 0 aliphatic rings. The molecule has 0 fully saturated rings. The van der Waals surface area contributed by atoms with Crippen molar-refractivity contribution in [1.82, 2.24) is 4.98 Å². The van der Waals surface area contributed by atoms with Crippen molar-refractivity contribution in [2.45, 2.75) is 20.8 Å². The van der Waals surface area contributed by atoms with Gasteiger partial charge in [0.2, 0.25) is 0 Å². The summed E-state index contributed by atoms with van der Waals surface area (Å²) < 4.78 is 1.09. The first kappa shape index (κ1) is 13.8. The molecule has 0 spiro atoms. The minimum Gasteiger partial charge on any atom is -0.322 e. The molecule has 0 unspecified atom stereocenters. The summed E-state index contributed by atoms with van der Waals surface area (Å²) in [5.41, 5.74) is 4.63. The zero-order chi connectivity index (χ0) is 15.0. The third kappa shape index (κ3) is 2.81. The second kappa shape index (κ2) is 5.30. The van der Waals surface area contributed by atoms with E-state index in [2.05, 4.69) is 10.3 Å². The molecule has 1 amide bonds. The Bertz CT molecular complexity index is 836. The Kier molecular flexibility index (Phi) is 3.47. The molecule has 1 N–H and O–H groups in total. The molecule has 106 valence electrons. The second-order valence-corrected chi connectivity index (χ2v) is 6.42. The van der Waals surface area contributed by atoms with Gasteiger partial charge in [0.25, 0.3) is 5.91 Å². The maximum absolute atomic E-state index is 12.4. The number of nitrogens with one attached hydrogen (secondary N) is 1. The summed E-state index contributed by atoms with van der Waals surface area (Å²) in [7, 11) is 0. The number of benzene rings is 2. The number of aryl methyl sites for hydroxylation is 3. The lowest BCUT2D eigenvalue weighted by molar-refractivity contribution is 0.102. The van der Waals surface area contributed by atoms with Crippen LogP contribution in [0.4, 0.5) is 5.69 Å². The van der Waals surface area contributed by atoms with Gasteiger partial charge in [0.05, 0.1) is 15.2 Å². The van der Waals surface area contributed by atoms with Crippen LogP contribution >= 0.6 is 11.3 Å². The van der Waals surface area contributed by atoms with Crippen molar-refractivity contribution in [3.05, 3.63) is 58.1 Å². The third-order valence-corrected chi connectivity index (χ3v) is 4.31. The molecule has 1 heterocycles. The number of amides is 1. The summed E-state index contributed by atoms with van der Waals surface area (Å²) in [5.74, 6) is -0.0758. The Morgan fingerprint density at radius 2 is 1.90 bits per heavy atom. The fourth-order valence-electron chi connectivity index (χ4n) is 2.38. The zero-order valence-corrected chi connectivity index (χ0v) is 13.0. The van der Waals surface area contributed by atoms with Gasteiger partial charge in [-0.2, -0.15) is 0 Å². The third-order valence-electron chi connectivity index (χ3n) is 3.38. The minimum atomic E-state index is -0.0758. The van der Waals surface area contributed by atoms with Gasteiger partial charge in [0.1, 0.15) is 0 Å². The number of hydrogen-bond donors (Lipinski definition) is 1. The minimum absolute atomic E-state index is 0.0758. The van der Waals surface area contributed by atoms with Gasteiger partial charge < -0.3 is 5.32 Å². The maximum Gasteiger partial charge on any atom is 0.255 e. The van der Waals surface area contributed by atoms with Crippen molar-refractivity contribution < 1.29 is 4.79 Å². The van der Waals surface area contributed by atoms with Crippen LogP contribution in [0.2, 0.25) is 0 Å². The average Bonchev–Trinajstić information content (AvgIpc) is 2.77. The van der Waals surface area contributed by atoms with E-state index >= 15 is 0 Å². The molecule has 3 rings (SSSR count). The number of aromatic nitrogens is 1. The monoisotopic (exact) mass is 296 g/mol. The lowest BCUT2D eigenvalue weighted by Gasteiger charge is -2.08. The fraction of sp³-hybridized carbons (Fsp3) is 0.176. The topological polar surface area (TPSA) is 42.0 Å². The molecule has 2 aromatic carbocycles. The number of anilines is 1. The quantitative estimate of drug-likeness (QED) is 0.758. The van der Waals surface area contributed by atoms with Crippen LogP contribution in [0.1, 0.15) is 26.5 Å². The van der Waals surface area contributed by atoms with Crippen molar-refractivity contribution in [2.24, 2.45) is 0 Å². The second-order valence-electron chi connectivity index (χ2n) is 5.19. The van der Waals surface area contributed by atoms with Crippen molar-refractivity contribution in [2.75, 3.05) is 5.32 Å². The van der Waals surface area contributed by atoms with E-state index in [9.17, 15) is 4.79 Å². The number of carbonyl (C=O) groups is 1. The highest BCUT2D eigenvalue weighted by Crippen LogP contribution is 2.25. The van der Waals surface area contributed by atoms with E-state index in [4.69, 9.17) is 0 Å². The SMILES string of the molecule is Cc1ccc(C(=O)Nc2ccc3nc(C)sc3c2)c(C)c1. The first-order chi connectivity index (χ1) is 10.0. The highest BCUT2D eigenvalue weighted by molar-refractivity contribution is 7.18. The van der Waals surface area contributed by atoms with Crippen molar-refractivity contribution in [3.8, 4) is 0 Å². The molecule has 0 saturated heterocycles. The highest BCUT2D eigenvalue weighted by atomic mass is 32.1. The van der Waals surface area contributed by atoms with Crippen LogP contribution in [0.15, 0.2) is 36.4 Å². The summed E-state index contributed by atoms with van der Waals surface area (Å²) in [4.78, 5) is 16.8. The first-order valence-electron chi connectivity index (χ1n) is 6.79. The van der Waals surface area contributed by atoms with Crippen molar-refractivity contribution in [1.29, 1.82) is 0 Å². The van der Waals surface area contributed by atoms with Gasteiger partial charge in [-0.05, 0) is 50.6 Å². The summed E-state index contributed by atoms with van der Waals surface area (Å²) >= 11 is 1.63. The zero-order valence-electron chi connectivity index (χ0n) is 12.2. The summed E-state index contributed by atoms with van der Waals surface area (Å²) in [6, 6.07) is 11.7. The Balaban J connectivity index is 1.88. The van der Waals surface area contributed by atoms with Gasteiger partial charge in [-0.15, -0.1) is 11.3 Å². The molecule has 1 aromatic heterocycles. The van der Waals surface area contributed by atoms with Crippen LogP contribution in [0.25, 0.3) is 10.2 Å². The average molecular weight is 296 g/mol. The van der Waals surface area contributed by atoms with Crippen molar-refractivity contribution >= 4 is 33.1 Å². The number of carbonyl (C=O) groups excluding carboxylic acids is 1. The molecular formula is C17H16N2OS. The van der Waals surface area contributed by atoms with Gasteiger partial charge in [-0.25, -0.2) is 4.98 Å². The molecule has 0 aliphatic heterocycles. The normalized spacial score (nSPS) is 10.8. The Labute approximate surface area is 127 Å². The molecule has 0 bridgehead atoms. The van der Waals surface area contributed by atoms with E-state index < -0.39 is 0 Å². The Hall–Kier alpha value is -2.20. The molecular weight excluding hydrogens is 280 g/mol. The van der Waals surface area contributed by atoms with Crippen molar-refractivity contribution in [3.63, 3.8) is 0 Å². The van der Waals surface area contributed by atoms with Crippen LogP contribution in [0.3, 0.4) is 0 Å². The molecule has 3 aromatic rings. The number of rotatable bonds is 2. The smallest absolute Gasteiger partial charge is 0.255 e. The van der Waals surface area contributed by atoms with E-state index in [1.165, 1.54) is 0 Å². The fourth-order valence-corrected chi connectivity index (χ4v) is 3.25. The van der Waals surface area contributed by atoms with Crippen LogP contribution < -0.4 is 5.32 Å². The predicted octanol–water partition coefficient (Wildman–Crippen LogP) is 4.47. The predicted molar refractivity (Wildman–Crippen MR) is 88.2 cm³/mol. The van der Waals surface area contributed by atoms with Crippen LogP contribution in [0.5, 0.6) is 0 Å². The molecule has 0 saturated carbocycles. The van der Waals surface area contributed by atoms with Crippen LogP contribution in [-0.4, -0.2) is 10.9 Å². The van der Waals surface area contributed by atoms with Gasteiger partial charge in [-0.3, -0.25) is 4.79 Å². The largest absolute Gasteiger partial charge is 0.322 e. The van der Waals surface area contributed by atoms with Gasteiger partial charge in [-0.1, -0.05) is 17.7 Å². The molecule has 0 aliphatic carbocycles. The Morgan fingerprint density at radius 3 is 2.67 bits per heavy atom. The maximum atomic E-state index is 12.4. The van der Waals surface area contributed by atoms with Gasteiger partial charge in [0.15, 0.2) is 0 Å². The van der Waals surface area contributed by atoms with E-state index in [0.29, 0.717) is 5.56 Å².